The van der Waals surface area contributed by atoms with Gasteiger partial charge >= 0.3 is 0 Å². The maximum absolute atomic E-state index is 12.2. The van der Waals surface area contributed by atoms with Crippen LogP contribution in [0.15, 0.2) is 23.1 Å². The lowest BCUT2D eigenvalue weighted by Gasteiger charge is -2.27. The van der Waals surface area contributed by atoms with Crippen LogP contribution in [0.2, 0.25) is 0 Å². The predicted octanol–water partition coefficient (Wildman–Crippen LogP) is 1.39. The molecule has 1 aromatic rings. The predicted molar refractivity (Wildman–Crippen MR) is 70.9 cm³/mol. The molecule has 0 aliphatic carbocycles. The highest BCUT2D eigenvalue weighted by molar-refractivity contribution is 8.13. The summed E-state index contributed by atoms with van der Waals surface area (Å²) in [5, 5.41) is 0. The molecule has 1 aliphatic heterocycles. The first-order valence-corrected chi connectivity index (χ1v) is 8.13. The minimum absolute atomic E-state index is 0.0201. The van der Waals surface area contributed by atoms with Gasteiger partial charge in [0.25, 0.3) is 15.0 Å². The topological polar surface area (TPSA) is 63.7 Å². The van der Waals surface area contributed by atoms with Crippen molar-refractivity contribution in [2.75, 3.05) is 26.3 Å². The zero-order valence-electron chi connectivity index (χ0n) is 10.4. The van der Waals surface area contributed by atoms with Crippen LogP contribution in [0.5, 0.6) is 0 Å². The lowest BCUT2D eigenvalue weighted by molar-refractivity contribution is 0.0302. The summed E-state index contributed by atoms with van der Waals surface area (Å²) in [6.07, 6.45) is 0. The van der Waals surface area contributed by atoms with E-state index in [1.807, 2.05) is 0 Å². The fourth-order valence-corrected chi connectivity index (χ4v) is 3.16. The van der Waals surface area contributed by atoms with E-state index in [2.05, 4.69) is 0 Å². The average Bonchev–Trinajstić information content (AvgIpc) is 2.38. The van der Waals surface area contributed by atoms with Crippen LogP contribution < -0.4 is 0 Å². The lowest BCUT2D eigenvalue weighted by Crippen LogP contribution is -2.40. The number of ether oxygens (including phenoxy) is 1. The number of hydrogen-bond acceptors (Lipinski definition) is 4. The van der Waals surface area contributed by atoms with Crippen molar-refractivity contribution >= 4 is 25.6 Å². The molecule has 0 bridgehead atoms. The van der Waals surface area contributed by atoms with E-state index in [9.17, 15) is 13.2 Å². The zero-order valence-corrected chi connectivity index (χ0v) is 12.0. The molecule has 5 nitrogen and oxygen atoms in total. The van der Waals surface area contributed by atoms with Crippen LogP contribution in [0.3, 0.4) is 0 Å². The third kappa shape index (κ3) is 3.26. The maximum atomic E-state index is 12.2. The van der Waals surface area contributed by atoms with Gasteiger partial charge in [-0.1, -0.05) is 6.07 Å². The molecule has 0 N–H and O–H groups in total. The number of morpholine rings is 1. The number of rotatable bonds is 2. The van der Waals surface area contributed by atoms with E-state index >= 15 is 0 Å². The Balaban J connectivity index is 2.33. The second kappa shape index (κ2) is 5.48. The minimum atomic E-state index is -3.84. The molecule has 1 heterocycles. The first-order chi connectivity index (χ1) is 8.89. The normalized spacial score (nSPS) is 16.4. The molecule has 104 valence electrons. The number of benzene rings is 1. The molecule has 7 heteroatoms. The molecule has 0 atom stereocenters. The third-order valence-electron chi connectivity index (χ3n) is 3.00. The molecule has 1 saturated heterocycles. The van der Waals surface area contributed by atoms with E-state index in [1.165, 1.54) is 6.07 Å². The molecule has 0 radical (unpaired) electrons. The van der Waals surface area contributed by atoms with Crippen molar-refractivity contribution in [1.82, 2.24) is 4.90 Å². The summed E-state index contributed by atoms with van der Waals surface area (Å²) in [5.74, 6) is -0.204. The molecule has 1 amide bonds. The van der Waals surface area contributed by atoms with Gasteiger partial charge in [0.05, 0.1) is 18.1 Å². The Morgan fingerprint density at radius 2 is 1.95 bits per heavy atom. The Labute approximate surface area is 116 Å². The summed E-state index contributed by atoms with van der Waals surface area (Å²) in [6.45, 7) is 3.65. The van der Waals surface area contributed by atoms with Gasteiger partial charge in [-0.25, -0.2) is 8.42 Å². The molecule has 0 unspecified atom stereocenters. The van der Waals surface area contributed by atoms with E-state index in [4.69, 9.17) is 15.4 Å². The Morgan fingerprint density at radius 3 is 2.53 bits per heavy atom. The number of aryl methyl sites for hydroxylation is 1. The Kier molecular flexibility index (Phi) is 4.13. The molecule has 19 heavy (non-hydrogen) atoms. The van der Waals surface area contributed by atoms with E-state index in [-0.39, 0.29) is 10.8 Å². The van der Waals surface area contributed by atoms with Gasteiger partial charge in [-0.15, -0.1) is 0 Å². The monoisotopic (exact) mass is 303 g/mol. The molecule has 2 rings (SSSR count). The third-order valence-corrected chi connectivity index (χ3v) is 4.46. The molecular weight excluding hydrogens is 290 g/mol. The quantitative estimate of drug-likeness (QED) is 0.775. The number of carbonyl (C=O) groups is 1. The van der Waals surface area contributed by atoms with Gasteiger partial charge in [0.15, 0.2) is 0 Å². The zero-order chi connectivity index (χ0) is 14.0. The fraction of sp³-hybridized carbons (Fsp3) is 0.417. The van der Waals surface area contributed by atoms with Crippen molar-refractivity contribution in [1.29, 1.82) is 0 Å². The summed E-state index contributed by atoms with van der Waals surface area (Å²) >= 11 is 0. The first-order valence-electron chi connectivity index (χ1n) is 5.82. The Morgan fingerprint density at radius 1 is 1.32 bits per heavy atom. The van der Waals surface area contributed by atoms with E-state index in [0.717, 1.165) is 0 Å². The van der Waals surface area contributed by atoms with Gasteiger partial charge in [0.1, 0.15) is 0 Å². The van der Waals surface area contributed by atoms with Crippen molar-refractivity contribution in [3.8, 4) is 0 Å². The summed E-state index contributed by atoms with van der Waals surface area (Å²) in [5.41, 5.74) is 0.847. The van der Waals surface area contributed by atoms with Gasteiger partial charge in [-0.2, -0.15) is 0 Å². The fourth-order valence-electron chi connectivity index (χ4n) is 1.94. The number of carbonyl (C=O) groups excluding carboxylic acids is 1. The van der Waals surface area contributed by atoms with Crippen LogP contribution in [-0.4, -0.2) is 45.5 Å². The van der Waals surface area contributed by atoms with Crippen LogP contribution in [0.4, 0.5) is 0 Å². The molecule has 1 aliphatic rings. The highest BCUT2D eigenvalue weighted by Crippen LogP contribution is 2.22. The first kappa shape index (κ1) is 14.3. The number of hydrogen-bond donors (Lipinski definition) is 0. The van der Waals surface area contributed by atoms with Gasteiger partial charge < -0.3 is 9.64 Å². The molecular formula is C12H14ClNO4S. The van der Waals surface area contributed by atoms with E-state index in [1.54, 1.807) is 24.0 Å². The van der Waals surface area contributed by atoms with Crippen LogP contribution in [0.1, 0.15) is 15.9 Å². The van der Waals surface area contributed by atoms with E-state index in [0.29, 0.717) is 37.4 Å². The van der Waals surface area contributed by atoms with Crippen LogP contribution in [0, 0.1) is 6.92 Å². The highest BCUT2D eigenvalue weighted by Gasteiger charge is 2.21. The lowest BCUT2D eigenvalue weighted by atomic mass is 10.1. The molecule has 0 aromatic heterocycles. The summed E-state index contributed by atoms with van der Waals surface area (Å²) in [7, 11) is 1.51. The second-order valence-corrected chi connectivity index (χ2v) is 6.86. The van der Waals surface area contributed by atoms with Crippen molar-refractivity contribution in [2.45, 2.75) is 11.8 Å². The summed E-state index contributed by atoms with van der Waals surface area (Å²) in [6, 6.07) is 4.52. The van der Waals surface area contributed by atoms with Crippen LogP contribution >= 0.6 is 10.7 Å². The molecule has 0 spiro atoms. The Hall–Kier alpha value is -1.11. The highest BCUT2D eigenvalue weighted by atomic mass is 35.7. The maximum Gasteiger partial charge on any atom is 0.261 e. The molecule has 1 fully saturated rings. The van der Waals surface area contributed by atoms with Gasteiger partial charge in [0.2, 0.25) is 0 Å². The number of amides is 1. The number of halogens is 1. The standard InChI is InChI=1S/C12H14ClNO4S/c1-9-2-3-10(8-11(9)19(13,16)17)12(15)14-4-6-18-7-5-14/h2-3,8H,4-7H2,1H3. The second-order valence-electron chi connectivity index (χ2n) is 4.32. The minimum Gasteiger partial charge on any atom is -0.378 e. The summed E-state index contributed by atoms with van der Waals surface area (Å²) in [4.78, 5) is 13.8. The van der Waals surface area contributed by atoms with Crippen molar-refractivity contribution < 1.29 is 17.9 Å². The van der Waals surface area contributed by atoms with Gasteiger partial charge in [-0.05, 0) is 24.6 Å². The SMILES string of the molecule is Cc1ccc(C(=O)N2CCOCC2)cc1S(=O)(=O)Cl. The smallest absolute Gasteiger partial charge is 0.261 e. The Bertz CT molecular complexity index is 594. The molecule has 0 saturated carbocycles. The van der Waals surface area contributed by atoms with Gasteiger partial charge in [-0.3, -0.25) is 4.79 Å². The van der Waals surface area contributed by atoms with E-state index < -0.39 is 9.05 Å². The van der Waals surface area contributed by atoms with Crippen molar-refractivity contribution in [3.63, 3.8) is 0 Å². The van der Waals surface area contributed by atoms with Crippen LogP contribution in [-0.2, 0) is 13.8 Å². The largest absolute Gasteiger partial charge is 0.378 e. The van der Waals surface area contributed by atoms with Gasteiger partial charge in [0, 0.05) is 29.3 Å². The van der Waals surface area contributed by atoms with Crippen molar-refractivity contribution in [3.05, 3.63) is 29.3 Å². The van der Waals surface area contributed by atoms with Crippen LogP contribution in [0.25, 0.3) is 0 Å². The average molecular weight is 304 g/mol. The summed E-state index contributed by atoms with van der Waals surface area (Å²) < 4.78 is 28.0. The number of nitrogens with zero attached hydrogens (tertiary/aromatic N) is 1. The molecule has 1 aromatic carbocycles. The van der Waals surface area contributed by atoms with Crippen molar-refractivity contribution in [2.24, 2.45) is 0 Å².